The summed E-state index contributed by atoms with van der Waals surface area (Å²) in [5, 5.41) is 9.42. The van der Waals surface area contributed by atoms with Gasteiger partial charge < -0.3 is 10.8 Å². The number of carboxylic acids is 1. The van der Waals surface area contributed by atoms with E-state index in [9.17, 15) is 4.79 Å². The van der Waals surface area contributed by atoms with Crippen molar-refractivity contribution in [2.24, 2.45) is 0 Å². The van der Waals surface area contributed by atoms with Crippen molar-refractivity contribution >= 4 is 56.8 Å². The minimum atomic E-state index is -1.16. The Bertz CT molecular complexity index is 564. The molecule has 4 nitrogen and oxygen atoms in total. The molecule has 0 bridgehead atoms. The number of carbonyl (C=O) groups is 1. The molecule has 0 aliphatic carbocycles. The smallest absolute Gasteiger partial charge is 0.357 e. The highest BCUT2D eigenvalue weighted by Crippen LogP contribution is 2.40. The summed E-state index contributed by atoms with van der Waals surface area (Å²) in [6, 6.07) is 1.64. The van der Waals surface area contributed by atoms with Crippen LogP contribution in [0.3, 0.4) is 0 Å². The Labute approximate surface area is 108 Å². The Kier molecular flexibility index (Phi) is 3.07. The summed E-state index contributed by atoms with van der Waals surface area (Å²) < 4.78 is 0.987. The average molecular weight is 295 g/mol. The molecule has 0 saturated carbocycles. The Morgan fingerprint density at radius 1 is 1.44 bits per heavy atom. The summed E-state index contributed by atoms with van der Waals surface area (Å²) in [5.41, 5.74) is 6.00. The SMILES string of the molecule is Nc1sc(-c2cc(Cl)sc2Cl)nc1C(=O)O. The molecular weight excluding hydrogens is 291 g/mol. The highest BCUT2D eigenvalue weighted by molar-refractivity contribution is 7.22. The molecule has 2 aromatic rings. The number of anilines is 1. The number of thiophene rings is 1. The Morgan fingerprint density at radius 3 is 2.56 bits per heavy atom. The largest absolute Gasteiger partial charge is 0.476 e. The van der Waals surface area contributed by atoms with E-state index in [4.69, 9.17) is 34.0 Å². The van der Waals surface area contributed by atoms with Crippen LogP contribution >= 0.6 is 45.9 Å². The van der Waals surface area contributed by atoms with Gasteiger partial charge in [-0.2, -0.15) is 0 Å². The Hall–Kier alpha value is -0.820. The molecule has 16 heavy (non-hydrogen) atoms. The van der Waals surface area contributed by atoms with Gasteiger partial charge in [-0.3, -0.25) is 0 Å². The molecular formula is C8H4Cl2N2O2S2. The normalized spacial score (nSPS) is 10.6. The van der Waals surface area contributed by atoms with Crippen LogP contribution in [0.25, 0.3) is 10.6 Å². The van der Waals surface area contributed by atoms with E-state index in [1.54, 1.807) is 6.07 Å². The average Bonchev–Trinajstić information content (AvgIpc) is 2.69. The summed E-state index contributed by atoms with van der Waals surface area (Å²) in [6.07, 6.45) is 0. The highest BCUT2D eigenvalue weighted by atomic mass is 35.5. The summed E-state index contributed by atoms with van der Waals surface area (Å²) in [6.45, 7) is 0. The fourth-order valence-corrected chi connectivity index (χ4v) is 3.52. The number of hydrogen-bond donors (Lipinski definition) is 2. The zero-order valence-electron chi connectivity index (χ0n) is 7.53. The maximum atomic E-state index is 10.8. The van der Waals surface area contributed by atoms with Crippen molar-refractivity contribution in [2.75, 3.05) is 5.73 Å². The third-order valence-corrected chi connectivity index (χ3v) is 4.15. The lowest BCUT2D eigenvalue weighted by molar-refractivity contribution is 0.0692. The van der Waals surface area contributed by atoms with Gasteiger partial charge in [-0.1, -0.05) is 34.5 Å². The number of halogens is 2. The minimum absolute atomic E-state index is 0.154. The zero-order valence-corrected chi connectivity index (χ0v) is 10.7. The van der Waals surface area contributed by atoms with Crippen LogP contribution in [0.4, 0.5) is 5.00 Å². The molecule has 0 amide bonds. The summed E-state index contributed by atoms with van der Waals surface area (Å²) in [5.74, 6) is -1.16. The number of rotatable bonds is 2. The van der Waals surface area contributed by atoms with Gasteiger partial charge in [-0.15, -0.1) is 11.3 Å². The van der Waals surface area contributed by atoms with Crippen LogP contribution < -0.4 is 5.73 Å². The second-order valence-electron chi connectivity index (χ2n) is 2.77. The van der Waals surface area contributed by atoms with Crippen LogP contribution in [0, 0.1) is 0 Å². The zero-order chi connectivity index (χ0) is 11.9. The van der Waals surface area contributed by atoms with Gasteiger partial charge in [-0.25, -0.2) is 9.78 Å². The Morgan fingerprint density at radius 2 is 2.12 bits per heavy atom. The van der Waals surface area contributed by atoms with E-state index in [0.29, 0.717) is 19.2 Å². The second kappa shape index (κ2) is 4.21. The summed E-state index contributed by atoms with van der Waals surface area (Å²) >= 11 is 14.0. The van der Waals surface area contributed by atoms with Crippen molar-refractivity contribution < 1.29 is 9.90 Å². The molecule has 2 heterocycles. The number of aromatic carboxylic acids is 1. The summed E-state index contributed by atoms with van der Waals surface area (Å²) in [7, 11) is 0. The van der Waals surface area contributed by atoms with Crippen molar-refractivity contribution in [3.63, 3.8) is 0 Å². The molecule has 2 rings (SSSR count). The fourth-order valence-electron chi connectivity index (χ4n) is 1.09. The van der Waals surface area contributed by atoms with Gasteiger partial charge in [0.1, 0.15) is 14.3 Å². The minimum Gasteiger partial charge on any atom is -0.476 e. The topological polar surface area (TPSA) is 76.2 Å². The van der Waals surface area contributed by atoms with Crippen LogP contribution in [0.5, 0.6) is 0 Å². The quantitative estimate of drug-likeness (QED) is 0.889. The van der Waals surface area contributed by atoms with Crippen molar-refractivity contribution in [1.82, 2.24) is 4.98 Å². The van der Waals surface area contributed by atoms with Crippen molar-refractivity contribution in [3.8, 4) is 10.6 Å². The number of nitrogen functional groups attached to an aromatic ring is 1. The lowest BCUT2D eigenvalue weighted by Crippen LogP contribution is -2.00. The van der Waals surface area contributed by atoms with Crippen LogP contribution in [-0.2, 0) is 0 Å². The van der Waals surface area contributed by atoms with Gasteiger partial charge in [0.2, 0.25) is 0 Å². The third kappa shape index (κ3) is 2.01. The van der Waals surface area contributed by atoms with Crippen molar-refractivity contribution in [1.29, 1.82) is 0 Å². The first-order valence-electron chi connectivity index (χ1n) is 3.94. The standard InChI is InChI=1S/C8H4Cl2N2O2S2/c9-3-1-2(5(10)15-3)7-12-4(8(13)14)6(11)16-7/h1H,11H2,(H,13,14). The number of thiazole rings is 1. The van der Waals surface area contributed by atoms with Gasteiger partial charge in [0, 0.05) is 5.56 Å². The highest BCUT2D eigenvalue weighted by Gasteiger charge is 2.18. The van der Waals surface area contributed by atoms with Gasteiger partial charge in [0.15, 0.2) is 5.69 Å². The molecule has 3 N–H and O–H groups in total. The van der Waals surface area contributed by atoms with E-state index >= 15 is 0 Å². The van der Waals surface area contributed by atoms with Gasteiger partial charge in [0.05, 0.1) is 4.34 Å². The lowest BCUT2D eigenvalue weighted by atomic mass is 10.3. The molecule has 0 atom stereocenters. The molecule has 0 aromatic carbocycles. The molecule has 0 fully saturated rings. The maximum Gasteiger partial charge on any atom is 0.357 e. The number of hydrogen-bond acceptors (Lipinski definition) is 5. The second-order valence-corrected chi connectivity index (χ2v) is 6.09. The monoisotopic (exact) mass is 294 g/mol. The first kappa shape index (κ1) is 11.7. The van der Waals surface area contributed by atoms with Crippen LogP contribution in [0.15, 0.2) is 6.07 Å². The predicted molar refractivity (Wildman–Crippen MR) is 66.8 cm³/mol. The predicted octanol–water partition coefficient (Wildman–Crippen LogP) is 3.46. The molecule has 0 saturated heterocycles. The molecule has 2 aromatic heterocycles. The van der Waals surface area contributed by atoms with Crippen molar-refractivity contribution in [3.05, 3.63) is 20.4 Å². The molecule has 0 aliphatic heterocycles. The first-order chi connectivity index (χ1) is 7.49. The molecule has 0 aliphatic rings. The first-order valence-corrected chi connectivity index (χ1v) is 6.32. The van der Waals surface area contributed by atoms with Gasteiger partial charge in [0.25, 0.3) is 0 Å². The fraction of sp³-hybridized carbons (Fsp3) is 0. The lowest BCUT2D eigenvalue weighted by Gasteiger charge is -1.89. The van der Waals surface area contributed by atoms with E-state index in [-0.39, 0.29) is 10.7 Å². The number of carboxylic acid groups (broad SMARTS) is 1. The van der Waals surface area contributed by atoms with Crippen molar-refractivity contribution in [2.45, 2.75) is 0 Å². The van der Waals surface area contributed by atoms with E-state index in [0.717, 1.165) is 11.3 Å². The maximum absolute atomic E-state index is 10.8. The molecule has 0 unspecified atom stereocenters. The molecule has 8 heteroatoms. The van der Waals surface area contributed by atoms with E-state index < -0.39 is 5.97 Å². The number of aromatic nitrogens is 1. The molecule has 0 spiro atoms. The summed E-state index contributed by atoms with van der Waals surface area (Å²) in [4.78, 5) is 14.7. The molecule has 84 valence electrons. The van der Waals surface area contributed by atoms with Gasteiger partial charge in [-0.05, 0) is 6.07 Å². The van der Waals surface area contributed by atoms with Crippen LogP contribution in [0.2, 0.25) is 8.67 Å². The van der Waals surface area contributed by atoms with Crippen LogP contribution in [-0.4, -0.2) is 16.1 Å². The van der Waals surface area contributed by atoms with E-state index in [1.165, 1.54) is 11.3 Å². The van der Waals surface area contributed by atoms with Crippen LogP contribution in [0.1, 0.15) is 10.5 Å². The number of nitrogens with two attached hydrogens (primary N) is 1. The Balaban J connectivity index is 2.53. The van der Waals surface area contributed by atoms with Gasteiger partial charge >= 0.3 is 5.97 Å². The van der Waals surface area contributed by atoms with E-state index in [2.05, 4.69) is 4.98 Å². The molecule has 0 radical (unpaired) electrons. The third-order valence-electron chi connectivity index (χ3n) is 1.74. The van der Waals surface area contributed by atoms with E-state index in [1.807, 2.05) is 0 Å². The number of nitrogens with zero attached hydrogens (tertiary/aromatic N) is 1.